The number of ketones is 2. The molecule has 4 fully saturated rings. The third kappa shape index (κ3) is 17.8. The van der Waals surface area contributed by atoms with Gasteiger partial charge in [0.1, 0.15) is 30.5 Å². The summed E-state index contributed by atoms with van der Waals surface area (Å²) in [4.78, 5) is 85.0. The number of piperazine rings is 1. The molecule has 4 aliphatic heterocycles. The number of cyclic esters (lactones) is 1. The predicted molar refractivity (Wildman–Crippen MR) is 308 cm³/mol. The summed E-state index contributed by atoms with van der Waals surface area (Å²) in [6, 6.07) is -1.98. The number of methoxy groups -OCH3 is 3. The first-order chi connectivity index (χ1) is 39.1. The first kappa shape index (κ1) is 66.2. The summed E-state index contributed by atoms with van der Waals surface area (Å²) in [5, 5.41) is 37.5. The number of hydrogen-bond donors (Lipinski definition) is 5. The fourth-order valence-electron chi connectivity index (χ4n) is 12.2. The number of aliphatic hydroxyl groups is 3. The normalized spacial score (nSPS) is 35.6. The number of hydrogen-bond acceptors (Lipinski definition) is 19. The number of nitrogens with two attached hydrogens (primary N) is 1. The van der Waals surface area contributed by atoms with Crippen molar-refractivity contribution in [3.8, 4) is 0 Å². The van der Waals surface area contributed by atoms with Crippen LogP contribution in [0, 0.1) is 29.6 Å². The summed E-state index contributed by atoms with van der Waals surface area (Å²) in [5.41, 5.74) is 9.06. The van der Waals surface area contributed by atoms with Crippen molar-refractivity contribution in [2.24, 2.45) is 35.3 Å². The number of nitrogens with one attached hydrogen (secondary N) is 1. The number of ether oxygens (including phenoxy) is 6. The van der Waals surface area contributed by atoms with Crippen molar-refractivity contribution >= 4 is 35.5 Å². The van der Waals surface area contributed by atoms with Crippen LogP contribution in [0.3, 0.4) is 0 Å². The highest BCUT2D eigenvalue weighted by Gasteiger charge is 2.53. The van der Waals surface area contributed by atoms with E-state index in [1.807, 2.05) is 51.2 Å². The van der Waals surface area contributed by atoms with Crippen LogP contribution in [0.25, 0.3) is 0 Å². The molecule has 21 nitrogen and oxygen atoms in total. The number of anilines is 1. The van der Waals surface area contributed by atoms with Gasteiger partial charge in [-0.1, -0.05) is 64.2 Å². The van der Waals surface area contributed by atoms with E-state index in [0.29, 0.717) is 75.7 Å². The lowest BCUT2D eigenvalue weighted by atomic mass is 9.80. The highest BCUT2D eigenvalue weighted by Crippen LogP contribution is 2.38. The quantitative estimate of drug-likeness (QED) is 0.115. The van der Waals surface area contributed by atoms with Gasteiger partial charge in [0, 0.05) is 115 Å². The number of alkyl carbamates (subject to hydrolysis) is 1. The number of amides is 2. The molecule has 6 rings (SSSR count). The summed E-state index contributed by atoms with van der Waals surface area (Å²) in [5.74, 6) is -7.16. The number of carbonyl (C=O) groups is 5. The van der Waals surface area contributed by atoms with Crippen LogP contribution in [-0.2, 0) is 54.1 Å². The molecule has 16 atom stereocenters. The number of aliphatic hydroxyl groups excluding tert-OH is 2. The molecule has 5 aliphatic rings. The summed E-state index contributed by atoms with van der Waals surface area (Å²) < 4.78 is 36.4. The Labute approximate surface area is 485 Å². The first-order valence-corrected chi connectivity index (χ1v) is 29.7. The van der Waals surface area contributed by atoms with Crippen molar-refractivity contribution < 1.29 is 67.7 Å². The molecule has 1 saturated carbocycles. The van der Waals surface area contributed by atoms with Gasteiger partial charge in [-0.25, -0.2) is 19.6 Å². The summed E-state index contributed by atoms with van der Waals surface area (Å²) in [6.07, 6.45) is 11.8. The van der Waals surface area contributed by atoms with E-state index in [0.717, 1.165) is 37.3 Å². The molecule has 2 bridgehead atoms. The van der Waals surface area contributed by atoms with Crippen LogP contribution in [-0.4, -0.2) is 192 Å². The van der Waals surface area contributed by atoms with Gasteiger partial charge in [0.05, 0.1) is 24.4 Å². The number of allylic oxidation sites excluding steroid dienone is 5. The number of carbonyl (C=O) groups excluding carboxylic acids is 5. The van der Waals surface area contributed by atoms with Crippen molar-refractivity contribution in [1.29, 1.82) is 0 Å². The molecule has 1 unspecified atom stereocenters. The minimum atomic E-state index is -2.46. The van der Waals surface area contributed by atoms with Crippen LogP contribution in [0.15, 0.2) is 60.0 Å². The van der Waals surface area contributed by atoms with Crippen molar-refractivity contribution in [2.45, 2.75) is 192 Å². The van der Waals surface area contributed by atoms with E-state index < -0.39 is 114 Å². The Hall–Kier alpha value is -4.97. The molecule has 5 heterocycles. The van der Waals surface area contributed by atoms with E-state index in [9.17, 15) is 39.3 Å². The largest absolute Gasteiger partial charge is 0.459 e. The van der Waals surface area contributed by atoms with Crippen molar-refractivity contribution in [3.63, 3.8) is 0 Å². The highest BCUT2D eigenvalue weighted by molar-refractivity contribution is 6.39. The Morgan fingerprint density at radius 1 is 0.817 bits per heavy atom. The Kier molecular flexibility index (Phi) is 25.2. The van der Waals surface area contributed by atoms with Crippen LogP contribution in [0.1, 0.15) is 124 Å². The van der Waals surface area contributed by atoms with Crippen LogP contribution in [0.5, 0.6) is 0 Å². The van der Waals surface area contributed by atoms with Gasteiger partial charge >= 0.3 is 12.1 Å². The summed E-state index contributed by atoms with van der Waals surface area (Å²) in [7, 11) is 6.72. The second-order valence-electron chi connectivity index (χ2n) is 23.9. The number of likely N-dealkylation sites (N-methyl/N-ethyl adjacent to an activating group) is 1. The van der Waals surface area contributed by atoms with E-state index in [1.54, 1.807) is 53.5 Å². The minimum Gasteiger partial charge on any atom is -0.459 e. The smallest absolute Gasteiger partial charge is 0.407 e. The molecule has 0 aromatic carbocycles. The number of piperidine rings is 1. The Morgan fingerprint density at radius 3 is 2.21 bits per heavy atom. The lowest BCUT2D eigenvalue weighted by Gasteiger charge is -2.43. The predicted octanol–water partition coefficient (Wildman–Crippen LogP) is 5.14. The molecule has 1 aromatic heterocycles. The molecule has 2 amide bonds. The lowest BCUT2D eigenvalue weighted by Crippen LogP contribution is -2.61. The van der Waals surface area contributed by atoms with Gasteiger partial charge in [-0.05, 0) is 108 Å². The Morgan fingerprint density at radius 2 is 1.52 bits per heavy atom. The number of esters is 1. The second-order valence-corrected chi connectivity index (χ2v) is 23.9. The average Bonchev–Trinajstić information content (AvgIpc) is 3.67. The zero-order valence-electron chi connectivity index (χ0n) is 50.2. The maximum absolute atomic E-state index is 14.7. The summed E-state index contributed by atoms with van der Waals surface area (Å²) in [6.45, 7) is 14.5. The van der Waals surface area contributed by atoms with Crippen LogP contribution in [0.2, 0.25) is 0 Å². The van der Waals surface area contributed by atoms with Gasteiger partial charge in [-0.15, -0.1) is 0 Å². The zero-order valence-corrected chi connectivity index (χ0v) is 50.2. The second kappa shape index (κ2) is 31.3. The van der Waals surface area contributed by atoms with Crippen LogP contribution >= 0.6 is 0 Å². The van der Waals surface area contributed by atoms with Gasteiger partial charge in [0.2, 0.25) is 11.7 Å². The van der Waals surface area contributed by atoms with Crippen molar-refractivity contribution in [1.82, 2.24) is 25.1 Å². The average molecular weight is 1150 g/mol. The number of nitrogens with zero attached hydrogens (tertiary/aromatic N) is 5. The minimum absolute atomic E-state index is 0.0408. The number of rotatable bonds is 10. The van der Waals surface area contributed by atoms with Crippen LogP contribution < -0.4 is 16.0 Å². The number of aromatic nitrogens is 2. The lowest BCUT2D eigenvalue weighted by molar-refractivity contribution is -0.265. The van der Waals surface area contributed by atoms with Gasteiger partial charge < -0.3 is 69.5 Å². The molecular weight excluding hydrogens is 1050 g/mol. The summed E-state index contributed by atoms with van der Waals surface area (Å²) >= 11 is 0. The van der Waals surface area contributed by atoms with E-state index >= 15 is 0 Å². The number of fused-ring (bicyclic) bond motifs is 3. The van der Waals surface area contributed by atoms with Crippen molar-refractivity contribution in [2.75, 3.05) is 66.0 Å². The molecule has 0 spiro atoms. The standard InChI is InChI=1S/C61H95N7O14/c1-37-16-12-11-13-17-38(2)49(77-8)32-45-21-19-42(6)61(76,82-45)56(72)57(73)68-23-15-14-18-47(68)58(74)80-51(33-50(78-9)39(3)29-41(5)54(70)55(71)53(69)40(4)28-37)46(62)30-43-20-22-48(52(31-43)79-10)81-60(75)65-36-44-34-63-59(64-35-44)67-26-24-66(7)25-27-67/h11-13,16-17,29,34-35,37,39-40,42-43,45-52,54-55,70-71,76H,14-15,18-28,30-33,36,62H2,1-10H3,(H,65,75)/b13-11?,16-12+,38-17?,41-29+/t37-,39-,40?,42-,43+,45+,46-,47+,48-,49+,50-,51+,52-,54-,55+,61-/m1/s1. The molecular formula is C61H95N7O14. The van der Waals surface area contributed by atoms with E-state index in [2.05, 4.69) is 32.1 Å². The van der Waals surface area contributed by atoms with Crippen molar-refractivity contribution in [3.05, 3.63) is 65.6 Å². The number of Topliss-reactive ketones (excluding diaryl/α,β-unsaturated/α-hetero) is 2. The SMILES string of the molecule is CO[C@H]1C[C@@H]2CC[C@@H](C)[C@@](O)(O2)C(=O)C(=O)N2CCCC[C@H]2C(=O)O[C@H]([C@H](N)C[C@@H]2CC[C@@H](OC(=O)NCc3cnc(N4CCN(C)CC4)nc3)[C@H](OC)C2)C[C@@H](OC)[C@H](C)/C=C(\C)[C@@H](O)[C@@H](O)C(=O)C(C)C[C@H](C)/C=C/C=CC=C1C. The van der Waals surface area contributed by atoms with E-state index in [1.165, 1.54) is 12.0 Å². The van der Waals surface area contributed by atoms with Gasteiger partial charge in [-0.3, -0.25) is 14.4 Å². The van der Waals surface area contributed by atoms with Gasteiger partial charge in [0.25, 0.3) is 11.7 Å². The molecule has 1 aromatic rings. The molecule has 21 heteroatoms. The third-order valence-electron chi connectivity index (χ3n) is 17.6. The molecule has 82 heavy (non-hydrogen) atoms. The molecule has 458 valence electrons. The van der Waals surface area contributed by atoms with E-state index in [-0.39, 0.29) is 37.8 Å². The topological polar surface area (TPSA) is 275 Å². The molecule has 6 N–H and O–H groups in total. The maximum atomic E-state index is 14.7. The molecule has 1 aliphatic carbocycles. The van der Waals surface area contributed by atoms with Crippen LogP contribution in [0.4, 0.5) is 10.7 Å². The van der Waals surface area contributed by atoms with Gasteiger partial charge in [-0.2, -0.15) is 0 Å². The zero-order chi connectivity index (χ0) is 59.8. The molecule has 3 saturated heterocycles. The van der Waals surface area contributed by atoms with E-state index in [4.69, 9.17) is 34.2 Å². The molecule has 0 radical (unpaired) electrons. The highest BCUT2D eigenvalue weighted by atomic mass is 16.6. The fraction of sp³-hybridized carbons (Fsp3) is 0.721. The third-order valence-corrected chi connectivity index (χ3v) is 17.6. The fourth-order valence-corrected chi connectivity index (χ4v) is 12.2. The van der Waals surface area contributed by atoms with Gasteiger partial charge in [0.15, 0.2) is 5.78 Å². The Balaban J connectivity index is 1.21. The Bertz CT molecular complexity index is 2400. The monoisotopic (exact) mass is 1150 g/mol. The maximum Gasteiger partial charge on any atom is 0.407 e. The first-order valence-electron chi connectivity index (χ1n) is 29.7.